The molecule has 3 rings (SSSR count). The molecule has 11 heteroatoms. The number of rotatable bonds is 4. The Kier molecular flexibility index (Phi) is 7.65. The van der Waals surface area contributed by atoms with E-state index in [-0.39, 0.29) is 5.91 Å². The number of hydrogen-bond acceptors (Lipinski definition) is 5. The molecular weight excluding hydrogens is 405 g/mol. The molecule has 2 aromatic rings. The molecule has 0 aliphatic carbocycles. The van der Waals surface area contributed by atoms with Crippen LogP contribution in [0.25, 0.3) is 0 Å². The maximum Gasteiger partial charge on any atom is 0.490 e. The summed E-state index contributed by atoms with van der Waals surface area (Å²) in [4.78, 5) is 25.0. The van der Waals surface area contributed by atoms with Gasteiger partial charge in [-0.2, -0.15) is 13.2 Å². The molecule has 0 saturated heterocycles. The third-order valence-electron chi connectivity index (χ3n) is 4.55. The summed E-state index contributed by atoms with van der Waals surface area (Å²) in [5.74, 6) is -1.44. The highest BCUT2D eigenvalue weighted by Gasteiger charge is 2.38. The lowest BCUT2D eigenvalue weighted by Crippen LogP contribution is -2.32. The topological polar surface area (TPSA) is 91.8 Å². The fraction of sp³-hybridized carbons (Fsp3) is 0.526. The van der Waals surface area contributed by atoms with Crippen LogP contribution in [0.1, 0.15) is 23.6 Å². The van der Waals surface area contributed by atoms with Crippen LogP contribution >= 0.6 is 0 Å². The van der Waals surface area contributed by atoms with Crippen molar-refractivity contribution in [1.82, 2.24) is 19.5 Å². The first-order valence-corrected chi connectivity index (χ1v) is 9.24. The van der Waals surface area contributed by atoms with Crippen LogP contribution in [0.5, 0.6) is 0 Å². The second kappa shape index (κ2) is 9.79. The number of aliphatic carboxylic acids is 1. The maximum absolute atomic E-state index is 12.1. The number of carboxylic acids is 1. The van der Waals surface area contributed by atoms with Gasteiger partial charge in [-0.05, 0) is 25.0 Å². The van der Waals surface area contributed by atoms with Crippen LogP contribution in [-0.4, -0.2) is 63.3 Å². The SMILES string of the molecule is Cc1cc(CN2Cc3cccn3CC(CC(=O)N(C)C)C2)no1.O=C(O)C(F)(F)F. The van der Waals surface area contributed by atoms with Gasteiger partial charge in [-0.25, -0.2) is 4.79 Å². The zero-order valence-corrected chi connectivity index (χ0v) is 17.0. The molecule has 1 atom stereocenters. The van der Waals surface area contributed by atoms with E-state index in [1.165, 1.54) is 5.69 Å². The van der Waals surface area contributed by atoms with Crippen molar-refractivity contribution in [2.75, 3.05) is 20.6 Å². The standard InChI is InChI=1S/C17H24N4O2.C2HF3O2/c1-13-7-15(18-23-13)11-20-9-14(8-17(22)19(2)3)10-21-6-4-5-16(21)12-20;3-2(4,5)1(6)7/h4-7,14H,8-12H2,1-3H3;(H,6,7). The fourth-order valence-corrected chi connectivity index (χ4v) is 3.17. The Morgan fingerprint density at radius 2 is 2.00 bits per heavy atom. The number of amides is 1. The van der Waals surface area contributed by atoms with Crippen LogP contribution in [0, 0.1) is 12.8 Å². The van der Waals surface area contributed by atoms with Crippen LogP contribution in [0.4, 0.5) is 13.2 Å². The highest BCUT2D eigenvalue weighted by atomic mass is 19.4. The third-order valence-corrected chi connectivity index (χ3v) is 4.55. The van der Waals surface area contributed by atoms with Gasteiger partial charge < -0.3 is 19.1 Å². The van der Waals surface area contributed by atoms with Crippen molar-refractivity contribution >= 4 is 11.9 Å². The van der Waals surface area contributed by atoms with Gasteiger partial charge in [-0.3, -0.25) is 9.69 Å². The Bertz CT molecular complexity index is 860. The zero-order chi connectivity index (χ0) is 22.5. The van der Waals surface area contributed by atoms with Crippen molar-refractivity contribution in [3.63, 3.8) is 0 Å². The van der Waals surface area contributed by atoms with Crippen molar-refractivity contribution in [2.24, 2.45) is 5.92 Å². The van der Waals surface area contributed by atoms with Crippen LogP contribution in [0.3, 0.4) is 0 Å². The molecule has 0 spiro atoms. The van der Waals surface area contributed by atoms with Crippen LogP contribution < -0.4 is 0 Å². The second-order valence-corrected chi connectivity index (χ2v) is 7.41. The lowest BCUT2D eigenvalue weighted by molar-refractivity contribution is -0.192. The van der Waals surface area contributed by atoms with E-state index >= 15 is 0 Å². The van der Waals surface area contributed by atoms with Gasteiger partial charge in [0, 0.05) is 64.7 Å². The highest BCUT2D eigenvalue weighted by Crippen LogP contribution is 2.21. The van der Waals surface area contributed by atoms with Crippen LogP contribution in [0.2, 0.25) is 0 Å². The number of carbonyl (C=O) groups excluding carboxylic acids is 1. The first-order chi connectivity index (χ1) is 14.0. The van der Waals surface area contributed by atoms with E-state index in [2.05, 4.69) is 33.0 Å². The number of halogens is 3. The molecule has 0 fully saturated rings. The van der Waals surface area contributed by atoms with Crippen molar-refractivity contribution in [3.8, 4) is 0 Å². The first kappa shape index (κ1) is 23.5. The summed E-state index contributed by atoms with van der Waals surface area (Å²) in [5, 5.41) is 11.2. The Morgan fingerprint density at radius 1 is 1.33 bits per heavy atom. The Morgan fingerprint density at radius 3 is 2.53 bits per heavy atom. The summed E-state index contributed by atoms with van der Waals surface area (Å²) < 4.78 is 39.2. The molecule has 2 aromatic heterocycles. The monoisotopic (exact) mass is 430 g/mol. The second-order valence-electron chi connectivity index (χ2n) is 7.41. The number of carboxylic acid groups (broad SMARTS) is 1. The van der Waals surface area contributed by atoms with E-state index < -0.39 is 12.1 Å². The van der Waals surface area contributed by atoms with Gasteiger partial charge in [-0.15, -0.1) is 0 Å². The number of aryl methyl sites for hydroxylation is 1. The van der Waals surface area contributed by atoms with Gasteiger partial charge >= 0.3 is 12.1 Å². The smallest absolute Gasteiger partial charge is 0.475 e. The predicted molar refractivity (Wildman–Crippen MR) is 100 cm³/mol. The number of fused-ring (bicyclic) bond motifs is 1. The van der Waals surface area contributed by atoms with E-state index in [0.717, 1.165) is 37.6 Å². The largest absolute Gasteiger partial charge is 0.490 e. The molecule has 30 heavy (non-hydrogen) atoms. The average Bonchev–Trinajstić information content (AvgIpc) is 3.19. The van der Waals surface area contributed by atoms with Gasteiger partial charge in [0.05, 0.1) is 5.69 Å². The molecule has 1 aliphatic heterocycles. The molecule has 1 unspecified atom stereocenters. The normalized spacial score (nSPS) is 16.8. The summed E-state index contributed by atoms with van der Waals surface area (Å²) >= 11 is 0. The van der Waals surface area contributed by atoms with E-state index in [1.807, 2.05) is 27.1 Å². The average molecular weight is 430 g/mol. The highest BCUT2D eigenvalue weighted by molar-refractivity contribution is 5.75. The molecule has 1 amide bonds. The summed E-state index contributed by atoms with van der Waals surface area (Å²) in [6.07, 6.45) is -2.41. The zero-order valence-electron chi connectivity index (χ0n) is 17.0. The minimum absolute atomic E-state index is 0.183. The molecule has 166 valence electrons. The minimum Gasteiger partial charge on any atom is -0.475 e. The van der Waals surface area contributed by atoms with Crippen molar-refractivity contribution in [1.29, 1.82) is 0 Å². The molecule has 3 heterocycles. The number of alkyl halides is 3. The summed E-state index contributed by atoms with van der Waals surface area (Å²) in [6, 6.07) is 6.20. The lowest BCUT2D eigenvalue weighted by atomic mass is 10.0. The van der Waals surface area contributed by atoms with E-state index in [0.29, 0.717) is 12.3 Å². The van der Waals surface area contributed by atoms with Gasteiger partial charge in [0.25, 0.3) is 0 Å². The summed E-state index contributed by atoms with van der Waals surface area (Å²) in [5.41, 5.74) is 2.23. The quantitative estimate of drug-likeness (QED) is 0.802. The number of nitrogens with zero attached hydrogens (tertiary/aromatic N) is 4. The van der Waals surface area contributed by atoms with Gasteiger partial charge in [0.2, 0.25) is 5.91 Å². The molecule has 1 N–H and O–H groups in total. The number of hydrogen-bond donors (Lipinski definition) is 1. The molecule has 0 radical (unpaired) electrons. The third kappa shape index (κ3) is 6.90. The Hall–Kier alpha value is -2.82. The van der Waals surface area contributed by atoms with Gasteiger partial charge in [-0.1, -0.05) is 5.16 Å². The molecule has 0 aromatic carbocycles. The maximum atomic E-state index is 12.1. The van der Waals surface area contributed by atoms with Crippen molar-refractivity contribution in [3.05, 3.63) is 41.5 Å². The Balaban J connectivity index is 0.000000396. The molecular formula is C19H25F3N4O4. The lowest BCUT2D eigenvalue weighted by Gasteiger charge is -2.23. The number of carbonyl (C=O) groups is 2. The molecule has 1 aliphatic rings. The van der Waals surface area contributed by atoms with Crippen LogP contribution in [-0.2, 0) is 29.2 Å². The van der Waals surface area contributed by atoms with Crippen molar-refractivity contribution in [2.45, 2.75) is 39.2 Å². The van der Waals surface area contributed by atoms with Crippen molar-refractivity contribution < 1.29 is 32.4 Å². The Labute approximate surface area is 171 Å². The van der Waals surface area contributed by atoms with Gasteiger partial charge in [0.15, 0.2) is 0 Å². The first-order valence-electron chi connectivity index (χ1n) is 9.24. The summed E-state index contributed by atoms with van der Waals surface area (Å²) in [7, 11) is 3.63. The summed E-state index contributed by atoms with van der Waals surface area (Å²) in [6.45, 7) is 5.28. The minimum atomic E-state index is -5.08. The molecule has 0 saturated carbocycles. The fourth-order valence-electron chi connectivity index (χ4n) is 3.17. The molecule has 8 nitrogen and oxygen atoms in total. The van der Waals surface area contributed by atoms with E-state index in [9.17, 15) is 18.0 Å². The van der Waals surface area contributed by atoms with Gasteiger partial charge in [0.1, 0.15) is 5.76 Å². The van der Waals surface area contributed by atoms with E-state index in [1.54, 1.807) is 4.90 Å². The number of aromatic nitrogens is 2. The van der Waals surface area contributed by atoms with E-state index in [4.69, 9.17) is 14.4 Å². The predicted octanol–water partition coefficient (Wildman–Crippen LogP) is 2.53. The van der Waals surface area contributed by atoms with Crippen LogP contribution in [0.15, 0.2) is 28.9 Å². The molecule has 0 bridgehead atoms.